The SMILES string of the molecule is Cc1ccc(C)c(CC2(O)CCC(C)(C)CC2)c1. The van der Waals surface area contributed by atoms with Crippen LogP contribution in [0, 0.1) is 19.3 Å². The maximum absolute atomic E-state index is 10.8. The molecule has 0 radical (unpaired) electrons. The zero-order valence-corrected chi connectivity index (χ0v) is 12.2. The molecule has 1 nitrogen and oxygen atoms in total. The molecule has 1 aliphatic rings. The van der Waals surface area contributed by atoms with Gasteiger partial charge in [0.15, 0.2) is 0 Å². The summed E-state index contributed by atoms with van der Waals surface area (Å²) in [6, 6.07) is 6.54. The van der Waals surface area contributed by atoms with Crippen LogP contribution in [0.1, 0.15) is 56.2 Å². The smallest absolute Gasteiger partial charge is 0.0688 e. The summed E-state index contributed by atoms with van der Waals surface area (Å²) in [6.07, 6.45) is 4.96. The van der Waals surface area contributed by atoms with Gasteiger partial charge in [-0.2, -0.15) is 0 Å². The van der Waals surface area contributed by atoms with Crippen LogP contribution in [-0.2, 0) is 6.42 Å². The highest BCUT2D eigenvalue weighted by atomic mass is 16.3. The molecule has 0 unspecified atom stereocenters. The minimum atomic E-state index is -0.478. The average Bonchev–Trinajstić information content (AvgIpc) is 2.29. The van der Waals surface area contributed by atoms with Crippen LogP contribution in [0.15, 0.2) is 18.2 Å². The molecule has 1 N–H and O–H groups in total. The average molecular weight is 246 g/mol. The van der Waals surface area contributed by atoms with Gasteiger partial charge in [-0.05, 0) is 56.1 Å². The van der Waals surface area contributed by atoms with Crippen LogP contribution >= 0.6 is 0 Å². The fourth-order valence-electron chi connectivity index (χ4n) is 2.91. The van der Waals surface area contributed by atoms with E-state index in [1.807, 2.05) is 0 Å². The molecule has 0 bridgehead atoms. The maximum atomic E-state index is 10.8. The van der Waals surface area contributed by atoms with E-state index in [0.29, 0.717) is 5.41 Å². The van der Waals surface area contributed by atoms with Crippen LogP contribution in [0.4, 0.5) is 0 Å². The molecule has 18 heavy (non-hydrogen) atoms. The van der Waals surface area contributed by atoms with E-state index in [1.165, 1.54) is 16.7 Å². The molecule has 0 aromatic heterocycles. The third kappa shape index (κ3) is 3.14. The predicted octanol–water partition coefficient (Wildman–Crippen LogP) is 4.18. The first-order valence-corrected chi connectivity index (χ1v) is 7.08. The monoisotopic (exact) mass is 246 g/mol. The van der Waals surface area contributed by atoms with Crippen LogP contribution in [-0.4, -0.2) is 10.7 Å². The Kier molecular flexibility index (Phi) is 3.55. The van der Waals surface area contributed by atoms with E-state index in [4.69, 9.17) is 0 Å². The van der Waals surface area contributed by atoms with Crippen molar-refractivity contribution in [3.05, 3.63) is 34.9 Å². The molecule has 1 fully saturated rings. The summed E-state index contributed by atoms with van der Waals surface area (Å²) < 4.78 is 0. The lowest BCUT2D eigenvalue weighted by atomic mass is 9.69. The summed E-state index contributed by atoms with van der Waals surface area (Å²) >= 11 is 0. The van der Waals surface area contributed by atoms with E-state index in [-0.39, 0.29) is 0 Å². The molecule has 1 aromatic carbocycles. The number of aryl methyl sites for hydroxylation is 2. The highest BCUT2D eigenvalue weighted by molar-refractivity contribution is 5.31. The molecule has 0 atom stereocenters. The van der Waals surface area contributed by atoms with Gasteiger partial charge in [-0.25, -0.2) is 0 Å². The van der Waals surface area contributed by atoms with Crippen molar-refractivity contribution in [1.82, 2.24) is 0 Å². The Labute approximate surface area is 111 Å². The number of hydrogen-bond donors (Lipinski definition) is 1. The van der Waals surface area contributed by atoms with Gasteiger partial charge < -0.3 is 5.11 Å². The zero-order chi connectivity index (χ0) is 13.4. The normalized spacial score (nSPS) is 21.8. The summed E-state index contributed by atoms with van der Waals surface area (Å²) in [4.78, 5) is 0. The van der Waals surface area contributed by atoms with Gasteiger partial charge in [-0.3, -0.25) is 0 Å². The molecule has 2 rings (SSSR count). The fraction of sp³-hybridized carbons (Fsp3) is 0.647. The molecular formula is C17H26O. The Hall–Kier alpha value is -0.820. The first-order valence-electron chi connectivity index (χ1n) is 7.08. The van der Waals surface area contributed by atoms with Crippen LogP contribution in [0.25, 0.3) is 0 Å². The van der Waals surface area contributed by atoms with Crippen molar-refractivity contribution < 1.29 is 5.11 Å². The van der Waals surface area contributed by atoms with E-state index in [9.17, 15) is 5.11 Å². The minimum Gasteiger partial charge on any atom is -0.390 e. The van der Waals surface area contributed by atoms with Crippen LogP contribution in [0.3, 0.4) is 0 Å². The Morgan fingerprint density at radius 2 is 1.67 bits per heavy atom. The minimum absolute atomic E-state index is 0.411. The Balaban J connectivity index is 2.11. The van der Waals surface area contributed by atoms with Crippen LogP contribution in [0.5, 0.6) is 0 Å². The third-order valence-electron chi connectivity index (χ3n) is 4.56. The van der Waals surface area contributed by atoms with Gasteiger partial charge in [-0.1, -0.05) is 37.6 Å². The quantitative estimate of drug-likeness (QED) is 0.830. The Morgan fingerprint density at radius 1 is 1.06 bits per heavy atom. The van der Waals surface area contributed by atoms with Gasteiger partial charge in [-0.15, -0.1) is 0 Å². The standard InChI is InChI=1S/C17H26O/c1-13-5-6-14(2)15(11-13)12-17(18)9-7-16(3,4)8-10-17/h5-6,11,18H,7-10,12H2,1-4H3. The molecular weight excluding hydrogens is 220 g/mol. The van der Waals surface area contributed by atoms with E-state index >= 15 is 0 Å². The fourth-order valence-corrected chi connectivity index (χ4v) is 2.91. The summed E-state index contributed by atoms with van der Waals surface area (Å²) in [6.45, 7) is 8.89. The topological polar surface area (TPSA) is 20.2 Å². The number of hydrogen-bond acceptors (Lipinski definition) is 1. The van der Waals surface area contributed by atoms with E-state index < -0.39 is 5.60 Å². The first-order chi connectivity index (χ1) is 8.30. The van der Waals surface area contributed by atoms with Crippen LogP contribution < -0.4 is 0 Å². The third-order valence-corrected chi connectivity index (χ3v) is 4.56. The van der Waals surface area contributed by atoms with E-state index in [2.05, 4.69) is 45.9 Å². The molecule has 1 heteroatoms. The number of rotatable bonds is 2. The molecule has 0 saturated heterocycles. The molecule has 1 aliphatic carbocycles. The van der Waals surface area contributed by atoms with Crippen molar-refractivity contribution in [2.75, 3.05) is 0 Å². The molecule has 1 saturated carbocycles. The van der Waals surface area contributed by atoms with Crippen molar-refractivity contribution in [2.24, 2.45) is 5.41 Å². The van der Waals surface area contributed by atoms with Crippen molar-refractivity contribution >= 4 is 0 Å². The van der Waals surface area contributed by atoms with Gasteiger partial charge in [0.2, 0.25) is 0 Å². The summed E-state index contributed by atoms with van der Waals surface area (Å²) in [5.74, 6) is 0. The molecule has 0 aliphatic heterocycles. The summed E-state index contributed by atoms with van der Waals surface area (Å²) in [7, 11) is 0. The summed E-state index contributed by atoms with van der Waals surface area (Å²) in [5.41, 5.74) is 3.84. The maximum Gasteiger partial charge on any atom is 0.0688 e. The van der Waals surface area contributed by atoms with E-state index in [0.717, 1.165) is 32.1 Å². The summed E-state index contributed by atoms with van der Waals surface area (Å²) in [5, 5.41) is 10.8. The Bertz CT molecular complexity index is 421. The van der Waals surface area contributed by atoms with Crippen molar-refractivity contribution in [3.63, 3.8) is 0 Å². The van der Waals surface area contributed by atoms with Gasteiger partial charge in [0.25, 0.3) is 0 Å². The Morgan fingerprint density at radius 3 is 2.28 bits per heavy atom. The lowest BCUT2D eigenvalue weighted by Gasteiger charge is -2.40. The molecule has 0 spiro atoms. The lowest BCUT2D eigenvalue weighted by Crippen LogP contribution is -2.38. The van der Waals surface area contributed by atoms with Crippen molar-refractivity contribution in [3.8, 4) is 0 Å². The first kappa shape index (κ1) is 13.6. The largest absolute Gasteiger partial charge is 0.390 e. The molecule has 1 aromatic rings. The van der Waals surface area contributed by atoms with Gasteiger partial charge in [0.05, 0.1) is 5.60 Å². The van der Waals surface area contributed by atoms with Gasteiger partial charge in [0.1, 0.15) is 0 Å². The molecule has 0 heterocycles. The highest BCUT2D eigenvalue weighted by Gasteiger charge is 2.36. The zero-order valence-electron chi connectivity index (χ0n) is 12.2. The highest BCUT2D eigenvalue weighted by Crippen LogP contribution is 2.41. The number of aliphatic hydroxyl groups is 1. The lowest BCUT2D eigenvalue weighted by molar-refractivity contribution is -0.0252. The predicted molar refractivity (Wildman–Crippen MR) is 76.8 cm³/mol. The second kappa shape index (κ2) is 4.70. The second-order valence-corrected chi connectivity index (χ2v) is 7.00. The van der Waals surface area contributed by atoms with Crippen molar-refractivity contribution in [1.29, 1.82) is 0 Å². The van der Waals surface area contributed by atoms with Gasteiger partial charge in [0, 0.05) is 6.42 Å². The second-order valence-electron chi connectivity index (χ2n) is 7.00. The van der Waals surface area contributed by atoms with Crippen LogP contribution in [0.2, 0.25) is 0 Å². The van der Waals surface area contributed by atoms with Crippen molar-refractivity contribution in [2.45, 2.75) is 65.4 Å². The number of benzene rings is 1. The van der Waals surface area contributed by atoms with Gasteiger partial charge >= 0.3 is 0 Å². The molecule has 100 valence electrons. The molecule has 0 amide bonds. The van der Waals surface area contributed by atoms with E-state index in [1.54, 1.807) is 0 Å².